The smallest absolute Gasteiger partial charge is 0.117 e. The van der Waals surface area contributed by atoms with Crippen molar-refractivity contribution in [3.63, 3.8) is 0 Å². The van der Waals surface area contributed by atoms with Gasteiger partial charge in [-0.25, -0.2) is 0 Å². The lowest BCUT2D eigenvalue weighted by molar-refractivity contribution is 0.108. The molecule has 1 atom stereocenters. The third kappa shape index (κ3) is 1.33. The summed E-state index contributed by atoms with van der Waals surface area (Å²) < 4.78 is 4.95. The molecule has 0 aliphatic carbocycles. The normalized spacial score (nSPS) is 31.3. The number of nitrogens with one attached hydrogen (secondary N) is 1. The van der Waals surface area contributed by atoms with Crippen molar-refractivity contribution in [3.05, 3.63) is 5.88 Å². The van der Waals surface area contributed by atoms with Crippen molar-refractivity contribution in [2.45, 2.75) is 6.23 Å². The van der Waals surface area contributed by atoms with Crippen LogP contribution in [-0.2, 0) is 4.74 Å². The van der Waals surface area contributed by atoms with Gasteiger partial charge in [0, 0.05) is 12.9 Å². The van der Waals surface area contributed by atoms with E-state index in [-0.39, 0.29) is 6.23 Å². The standard InChI is InChI=1S/C4H8NOS/c1-6-4-2-7-3-5-4/h3-5H,2H2,1H3. The van der Waals surface area contributed by atoms with Crippen LogP contribution in [0.2, 0.25) is 0 Å². The van der Waals surface area contributed by atoms with E-state index < -0.39 is 0 Å². The number of ether oxygens (including phenoxy) is 1. The fourth-order valence-corrected chi connectivity index (χ4v) is 1.20. The zero-order chi connectivity index (χ0) is 5.11. The van der Waals surface area contributed by atoms with Crippen molar-refractivity contribution >= 4 is 11.8 Å². The van der Waals surface area contributed by atoms with Gasteiger partial charge in [0.2, 0.25) is 0 Å². The minimum Gasteiger partial charge on any atom is -0.366 e. The topological polar surface area (TPSA) is 21.3 Å². The van der Waals surface area contributed by atoms with Crippen molar-refractivity contribution in [2.75, 3.05) is 12.9 Å². The molecule has 1 radical (unpaired) electrons. The summed E-state index contributed by atoms with van der Waals surface area (Å²) in [7, 11) is 1.71. The third-order valence-corrected chi connectivity index (χ3v) is 1.67. The summed E-state index contributed by atoms with van der Waals surface area (Å²) in [5.74, 6) is 2.99. The Hall–Kier alpha value is 0.270. The largest absolute Gasteiger partial charge is 0.366 e. The Balaban J connectivity index is 2.14. The fraction of sp³-hybridized carbons (Fsp3) is 0.750. The second-order valence-corrected chi connectivity index (χ2v) is 2.24. The number of rotatable bonds is 1. The maximum absolute atomic E-state index is 4.95. The lowest BCUT2D eigenvalue weighted by Gasteiger charge is -2.02. The van der Waals surface area contributed by atoms with Gasteiger partial charge in [0.1, 0.15) is 6.23 Å². The second-order valence-electron chi connectivity index (χ2n) is 1.34. The Morgan fingerprint density at radius 1 is 2.00 bits per heavy atom. The first kappa shape index (κ1) is 5.41. The van der Waals surface area contributed by atoms with Gasteiger partial charge in [-0.3, -0.25) is 5.32 Å². The van der Waals surface area contributed by atoms with Crippen LogP contribution in [0, 0.1) is 5.88 Å². The molecular formula is C4H8NOS. The first-order chi connectivity index (χ1) is 3.43. The zero-order valence-electron chi connectivity index (χ0n) is 4.18. The minimum atomic E-state index is 0.255. The molecule has 0 aromatic heterocycles. The highest BCUT2D eigenvalue weighted by atomic mass is 32.2. The van der Waals surface area contributed by atoms with E-state index in [0.29, 0.717) is 0 Å². The molecule has 1 fully saturated rings. The fourth-order valence-electron chi connectivity index (χ4n) is 0.444. The SMILES string of the molecule is COC1CS[CH]N1. The van der Waals surface area contributed by atoms with Gasteiger partial charge in [-0.15, -0.1) is 11.8 Å². The average Bonchev–Trinajstić information content (AvgIpc) is 2.14. The Labute approximate surface area is 47.6 Å². The second kappa shape index (κ2) is 2.55. The summed E-state index contributed by atoms with van der Waals surface area (Å²) >= 11 is 1.75. The highest BCUT2D eigenvalue weighted by molar-refractivity contribution is 8.01. The molecule has 1 saturated heterocycles. The molecule has 1 rings (SSSR count). The van der Waals surface area contributed by atoms with Gasteiger partial charge in [0.15, 0.2) is 0 Å². The van der Waals surface area contributed by atoms with Crippen molar-refractivity contribution in [1.82, 2.24) is 5.32 Å². The molecule has 1 unspecified atom stereocenters. The van der Waals surface area contributed by atoms with E-state index in [1.807, 2.05) is 5.88 Å². The molecule has 0 bridgehead atoms. The quantitative estimate of drug-likeness (QED) is 0.539. The molecule has 0 saturated carbocycles. The Bertz CT molecular complexity index is 53.7. The molecule has 1 aliphatic heterocycles. The summed E-state index contributed by atoms with van der Waals surface area (Å²) in [6.07, 6.45) is 0.255. The zero-order valence-corrected chi connectivity index (χ0v) is 4.99. The molecule has 7 heavy (non-hydrogen) atoms. The van der Waals surface area contributed by atoms with Crippen LogP contribution in [0.4, 0.5) is 0 Å². The highest BCUT2D eigenvalue weighted by Crippen LogP contribution is 2.13. The lowest BCUT2D eigenvalue weighted by Crippen LogP contribution is -2.23. The van der Waals surface area contributed by atoms with Crippen molar-refractivity contribution in [1.29, 1.82) is 0 Å². The molecule has 1 N–H and O–H groups in total. The number of hydrogen-bond acceptors (Lipinski definition) is 3. The maximum Gasteiger partial charge on any atom is 0.117 e. The molecule has 3 heteroatoms. The number of thioether (sulfide) groups is 1. The van der Waals surface area contributed by atoms with Gasteiger partial charge in [0.25, 0.3) is 0 Å². The van der Waals surface area contributed by atoms with Gasteiger partial charge >= 0.3 is 0 Å². The van der Waals surface area contributed by atoms with Gasteiger partial charge in [-0.05, 0) is 0 Å². The number of hydrogen-bond donors (Lipinski definition) is 1. The summed E-state index contributed by atoms with van der Waals surface area (Å²) in [5, 5.41) is 3.02. The predicted molar refractivity (Wildman–Crippen MR) is 30.7 cm³/mol. The maximum atomic E-state index is 4.95. The van der Waals surface area contributed by atoms with E-state index in [4.69, 9.17) is 4.74 Å². The van der Waals surface area contributed by atoms with Crippen LogP contribution in [-0.4, -0.2) is 19.1 Å². The van der Waals surface area contributed by atoms with Crippen molar-refractivity contribution < 1.29 is 4.74 Å². The monoisotopic (exact) mass is 118 g/mol. The Morgan fingerprint density at radius 2 is 2.86 bits per heavy atom. The first-order valence-electron chi connectivity index (χ1n) is 2.15. The molecule has 1 heterocycles. The summed E-state index contributed by atoms with van der Waals surface area (Å²) in [5.41, 5.74) is 0. The predicted octanol–water partition coefficient (Wildman–Crippen LogP) is 0.415. The average molecular weight is 118 g/mol. The molecule has 0 amide bonds. The minimum absolute atomic E-state index is 0.255. The first-order valence-corrected chi connectivity index (χ1v) is 3.20. The molecule has 41 valence electrons. The van der Waals surface area contributed by atoms with E-state index in [1.165, 1.54) is 0 Å². The molecule has 1 aliphatic rings. The molecule has 0 aromatic rings. The van der Waals surface area contributed by atoms with Crippen molar-refractivity contribution in [3.8, 4) is 0 Å². The van der Waals surface area contributed by atoms with Crippen molar-refractivity contribution in [2.24, 2.45) is 0 Å². The summed E-state index contributed by atoms with van der Waals surface area (Å²) in [4.78, 5) is 0. The van der Waals surface area contributed by atoms with Crippen LogP contribution < -0.4 is 5.32 Å². The third-order valence-electron chi connectivity index (χ3n) is 0.869. The van der Waals surface area contributed by atoms with Gasteiger partial charge in [-0.1, -0.05) is 0 Å². The van der Waals surface area contributed by atoms with E-state index in [1.54, 1.807) is 18.9 Å². The van der Waals surface area contributed by atoms with E-state index in [9.17, 15) is 0 Å². The molecule has 0 aromatic carbocycles. The molecule has 0 spiro atoms. The van der Waals surface area contributed by atoms with Crippen LogP contribution in [0.5, 0.6) is 0 Å². The van der Waals surface area contributed by atoms with Crippen LogP contribution in [0.3, 0.4) is 0 Å². The van der Waals surface area contributed by atoms with Crippen LogP contribution in [0.25, 0.3) is 0 Å². The van der Waals surface area contributed by atoms with Gasteiger partial charge < -0.3 is 4.74 Å². The summed E-state index contributed by atoms with van der Waals surface area (Å²) in [6, 6.07) is 0. The molecule has 2 nitrogen and oxygen atoms in total. The van der Waals surface area contributed by atoms with Gasteiger partial charge in [-0.2, -0.15) is 0 Å². The van der Waals surface area contributed by atoms with Crippen LogP contribution >= 0.6 is 11.8 Å². The number of methoxy groups -OCH3 is 1. The lowest BCUT2D eigenvalue weighted by atomic mass is 10.7. The highest BCUT2D eigenvalue weighted by Gasteiger charge is 2.11. The van der Waals surface area contributed by atoms with E-state index in [0.717, 1.165) is 5.75 Å². The van der Waals surface area contributed by atoms with Crippen LogP contribution in [0.1, 0.15) is 0 Å². The van der Waals surface area contributed by atoms with E-state index >= 15 is 0 Å². The van der Waals surface area contributed by atoms with Crippen LogP contribution in [0.15, 0.2) is 0 Å². The molecular weight excluding hydrogens is 110 g/mol. The Kier molecular flexibility index (Phi) is 1.97. The summed E-state index contributed by atoms with van der Waals surface area (Å²) in [6.45, 7) is 0. The van der Waals surface area contributed by atoms with E-state index in [2.05, 4.69) is 5.32 Å². The van der Waals surface area contributed by atoms with Gasteiger partial charge in [0.05, 0.1) is 5.88 Å². The Morgan fingerprint density at radius 3 is 3.14 bits per heavy atom.